The van der Waals surface area contributed by atoms with Crippen molar-refractivity contribution >= 4 is 16.9 Å². The van der Waals surface area contributed by atoms with Gasteiger partial charge in [0.15, 0.2) is 0 Å². The molecule has 0 aromatic heterocycles. The molecule has 6 aliphatic carbocycles. The van der Waals surface area contributed by atoms with E-state index in [1.165, 1.54) is 93.7 Å². The molecule has 6 aliphatic rings. The van der Waals surface area contributed by atoms with Gasteiger partial charge >= 0.3 is 0 Å². The molecule has 4 bridgehead atoms. The molecular weight excluding hydrogens is 639 g/mol. The van der Waals surface area contributed by atoms with Crippen molar-refractivity contribution in [3.8, 4) is 33.4 Å². The Kier molecular flexibility index (Phi) is 7.26. The van der Waals surface area contributed by atoms with Crippen LogP contribution in [0, 0.1) is 23.7 Å². The smallest absolute Gasteiger partial charge is 0.0497 e. The fraction of sp³-hybridized carbons (Fsp3) is 0.231. The first kappa shape index (κ1) is 31.2. The Morgan fingerprint density at radius 1 is 0.415 bits per heavy atom. The summed E-state index contributed by atoms with van der Waals surface area (Å²) in [6, 6.07) is 56.9. The summed E-state index contributed by atoms with van der Waals surface area (Å²) in [4.78, 5) is 2.50. The molecule has 0 radical (unpaired) electrons. The first-order valence-electron chi connectivity index (χ1n) is 20.0. The number of benzene rings is 6. The van der Waals surface area contributed by atoms with Crippen LogP contribution in [0.1, 0.15) is 61.6 Å². The Hall–Kier alpha value is -5.40. The summed E-state index contributed by atoms with van der Waals surface area (Å²) in [5.41, 5.74) is 17.7. The highest BCUT2D eigenvalue weighted by molar-refractivity contribution is 5.92. The Morgan fingerprint density at radius 3 is 1.51 bits per heavy atom. The van der Waals surface area contributed by atoms with E-state index in [1.807, 2.05) is 0 Å². The highest BCUT2D eigenvalue weighted by atomic mass is 15.2. The van der Waals surface area contributed by atoms with Gasteiger partial charge in [0, 0.05) is 28.1 Å². The lowest BCUT2D eigenvalue weighted by Gasteiger charge is -2.61. The molecule has 0 aliphatic heterocycles. The fourth-order valence-electron chi connectivity index (χ4n) is 11.8. The van der Waals surface area contributed by atoms with Crippen LogP contribution >= 0.6 is 0 Å². The van der Waals surface area contributed by atoms with E-state index in [-0.39, 0.29) is 5.41 Å². The third-order valence-electron chi connectivity index (χ3n) is 13.7. The molecule has 0 unspecified atom stereocenters. The molecule has 53 heavy (non-hydrogen) atoms. The zero-order valence-electron chi connectivity index (χ0n) is 30.3. The van der Waals surface area contributed by atoms with Gasteiger partial charge in [-0.05, 0) is 149 Å². The van der Waals surface area contributed by atoms with Crippen LogP contribution in [0.2, 0.25) is 0 Å². The highest BCUT2D eigenvalue weighted by Gasteiger charge is 2.61. The summed E-state index contributed by atoms with van der Waals surface area (Å²) in [6.45, 7) is 0. The molecule has 1 heteroatoms. The lowest BCUT2D eigenvalue weighted by molar-refractivity contribution is -0.0399. The van der Waals surface area contributed by atoms with Crippen LogP contribution in [0.4, 0.5) is 11.4 Å². The summed E-state index contributed by atoms with van der Waals surface area (Å²) >= 11 is 0. The Labute approximate surface area is 314 Å². The molecule has 0 atom stereocenters. The molecule has 1 spiro atoms. The van der Waals surface area contributed by atoms with Gasteiger partial charge in [-0.15, -0.1) is 0 Å². The number of rotatable bonds is 6. The van der Waals surface area contributed by atoms with Crippen LogP contribution < -0.4 is 4.90 Å². The van der Waals surface area contributed by atoms with Crippen molar-refractivity contribution in [3.63, 3.8) is 0 Å². The summed E-state index contributed by atoms with van der Waals surface area (Å²) in [5.74, 6) is 3.47. The predicted molar refractivity (Wildman–Crippen MR) is 221 cm³/mol. The largest absolute Gasteiger partial charge is 0.310 e. The molecule has 0 heterocycles. The van der Waals surface area contributed by atoms with E-state index in [1.54, 1.807) is 11.1 Å². The topological polar surface area (TPSA) is 3.24 Å². The van der Waals surface area contributed by atoms with E-state index in [2.05, 4.69) is 169 Å². The predicted octanol–water partition coefficient (Wildman–Crippen LogP) is 13.6. The number of hydrogen-bond acceptors (Lipinski definition) is 1. The van der Waals surface area contributed by atoms with Gasteiger partial charge in [-0.25, -0.2) is 0 Å². The number of nitrogens with zero attached hydrogens (tertiary/aromatic N) is 1. The molecule has 0 amide bonds. The van der Waals surface area contributed by atoms with Crippen molar-refractivity contribution in [2.75, 3.05) is 4.90 Å². The second kappa shape index (κ2) is 12.3. The lowest BCUT2D eigenvalue weighted by Crippen LogP contribution is -2.55. The summed E-state index contributed by atoms with van der Waals surface area (Å²) in [7, 11) is 0. The van der Waals surface area contributed by atoms with E-state index in [0.29, 0.717) is 0 Å². The molecule has 1 nitrogen and oxygen atoms in total. The van der Waals surface area contributed by atoms with Gasteiger partial charge in [-0.1, -0.05) is 133 Å². The Morgan fingerprint density at radius 2 is 0.906 bits per heavy atom. The molecule has 0 N–H and O–H groups in total. The van der Waals surface area contributed by atoms with Crippen molar-refractivity contribution in [3.05, 3.63) is 186 Å². The Balaban J connectivity index is 1.02. The number of allylic oxidation sites excluding steroid dienone is 3. The maximum absolute atomic E-state index is 2.58. The fourth-order valence-corrected chi connectivity index (χ4v) is 11.8. The highest BCUT2D eigenvalue weighted by Crippen LogP contribution is 2.69. The molecule has 258 valence electrons. The standard InChI is InChI=1S/C52H45N/c1-3-11-37(12-4-1)39-19-24-44(25-20-39)53(45-26-21-40(22-27-45)38-13-5-2-6-14-38)51-18-10-8-15-46(51)41-23-28-50-48(34-41)47-16-7-9-17-49(47)52(50)42-30-35-29-36(32-42)33-43(52)31-35/h1-7,9,11-28,34-36,42-43H,8,10,29-33H2. The quantitative estimate of drug-likeness (QED) is 0.169. The van der Waals surface area contributed by atoms with Crippen molar-refractivity contribution in [1.29, 1.82) is 0 Å². The van der Waals surface area contributed by atoms with Gasteiger partial charge in [0.25, 0.3) is 0 Å². The first-order chi connectivity index (χ1) is 26.2. The van der Waals surface area contributed by atoms with Gasteiger partial charge in [-0.3, -0.25) is 0 Å². The maximum atomic E-state index is 2.58. The zero-order valence-corrected chi connectivity index (χ0v) is 30.3. The second-order valence-electron chi connectivity index (χ2n) is 16.4. The van der Waals surface area contributed by atoms with Crippen molar-refractivity contribution in [1.82, 2.24) is 0 Å². The van der Waals surface area contributed by atoms with E-state index in [4.69, 9.17) is 0 Å². The van der Waals surface area contributed by atoms with Crippen LogP contribution in [0.25, 0.3) is 39.0 Å². The zero-order chi connectivity index (χ0) is 34.9. The normalized spacial score (nSPS) is 24.8. The van der Waals surface area contributed by atoms with Crippen LogP contribution in [-0.2, 0) is 5.41 Å². The summed E-state index contributed by atoms with van der Waals surface area (Å²) in [5, 5.41) is 0. The van der Waals surface area contributed by atoms with Gasteiger partial charge in [0.2, 0.25) is 0 Å². The minimum absolute atomic E-state index is 0.199. The average molecular weight is 684 g/mol. The molecular formula is C52H45N. The van der Waals surface area contributed by atoms with Crippen molar-refractivity contribution in [2.45, 2.75) is 50.4 Å². The second-order valence-corrected chi connectivity index (χ2v) is 16.4. The van der Waals surface area contributed by atoms with Gasteiger partial charge in [0.1, 0.15) is 0 Å². The number of anilines is 2. The molecule has 4 saturated carbocycles. The van der Waals surface area contributed by atoms with Crippen LogP contribution in [0.15, 0.2) is 170 Å². The third-order valence-corrected chi connectivity index (χ3v) is 13.7. The van der Waals surface area contributed by atoms with Crippen LogP contribution in [-0.4, -0.2) is 0 Å². The first-order valence-corrected chi connectivity index (χ1v) is 20.0. The minimum atomic E-state index is 0.199. The average Bonchev–Trinajstić information content (AvgIpc) is 3.51. The van der Waals surface area contributed by atoms with E-state index < -0.39 is 0 Å². The van der Waals surface area contributed by atoms with E-state index in [0.717, 1.165) is 36.5 Å². The Bertz CT molecular complexity index is 2270. The van der Waals surface area contributed by atoms with Crippen LogP contribution in [0.5, 0.6) is 0 Å². The molecule has 0 saturated heterocycles. The summed E-state index contributed by atoms with van der Waals surface area (Å²) < 4.78 is 0. The molecule has 6 aromatic carbocycles. The van der Waals surface area contributed by atoms with Gasteiger partial charge < -0.3 is 4.90 Å². The van der Waals surface area contributed by atoms with Crippen LogP contribution in [0.3, 0.4) is 0 Å². The third kappa shape index (κ3) is 4.90. The number of hydrogen-bond donors (Lipinski definition) is 0. The molecule has 12 rings (SSSR count). The van der Waals surface area contributed by atoms with Crippen molar-refractivity contribution in [2.24, 2.45) is 23.7 Å². The van der Waals surface area contributed by atoms with Crippen molar-refractivity contribution < 1.29 is 0 Å². The van der Waals surface area contributed by atoms with Gasteiger partial charge in [0.05, 0.1) is 0 Å². The molecule has 4 fully saturated rings. The SMILES string of the molecule is C1=C(c2ccc3c(c2)-c2ccccc2C32C3CC4CC(C3)CC2C4)C(N(c2ccc(-c3ccccc3)cc2)c2ccc(-c3ccccc3)cc2)=CCC1. The molecule has 6 aromatic rings. The minimum Gasteiger partial charge on any atom is -0.310 e. The maximum Gasteiger partial charge on any atom is 0.0497 e. The lowest BCUT2D eigenvalue weighted by atomic mass is 9.43. The van der Waals surface area contributed by atoms with Gasteiger partial charge in [-0.2, -0.15) is 0 Å². The van der Waals surface area contributed by atoms with E-state index in [9.17, 15) is 0 Å². The monoisotopic (exact) mass is 683 g/mol. The summed E-state index contributed by atoms with van der Waals surface area (Å²) in [6.07, 6.45) is 14.2. The number of fused-ring (bicyclic) bond motifs is 3. The van der Waals surface area contributed by atoms with E-state index >= 15 is 0 Å².